The predicted octanol–water partition coefficient (Wildman–Crippen LogP) is 0.840. The lowest BCUT2D eigenvalue weighted by Gasteiger charge is -2.27. The van der Waals surface area contributed by atoms with Crippen LogP contribution in [0.4, 0.5) is 0 Å². The quantitative estimate of drug-likeness (QED) is 0.637. The van der Waals surface area contributed by atoms with Crippen LogP contribution in [0.1, 0.15) is 26.7 Å². The van der Waals surface area contributed by atoms with E-state index in [-0.39, 0.29) is 11.8 Å². The molecular formula is C9H20N2O. The summed E-state index contributed by atoms with van der Waals surface area (Å²) in [7, 11) is 2.02. The number of nitrogens with two attached hydrogens (primary N) is 1. The van der Waals surface area contributed by atoms with E-state index in [1.54, 1.807) is 0 Å². The summed E-state index contributed by atoms with van der Waals surface area (Å²) in [6, 6.07) is 0. The minimum absolute atomic E-state index is 0.0961. The van der Waals surface area contributed by atoms with Gasteiger partial charge < -0.3 is 10.6 Å². The number of carbonyl (C=O) groups excluding carboxylic acids is 1. The number of carbonyl (C=O) groups is 1. The molecule has 0 saturated carbocycles. The maximum absolute atomic E-state index is 10.7. The topological polar surface area (TPSA) is 46.3 Å². The summed E-state index contributed by atoms with van der Waals surface area (Å²) in [4.78, 5) is 12.8. The Morgan fingerprint density at radius 1 is 1.50 bits per heavy atom. The second-order valence-corrected chi connectivity index (χ2v) is 3.00. The molecule has 0 aromatic rings. The highest BCUT2D eigenvalue weighted by Crippen LogP contribution is 2.13. The van der Waals surface area contributed by atoms with E-state index in [2.05, 4.69) is 4.90 Å². The molecule has 1 saturated heterocycles. The molecule has 1 unspecified atom stereocenters. The van der Waals surface area contributed by atoms with Crippen LogP contribution in [0.5, 0.6) is 0 Å². The first-order chi connectivity index (χ1) is 5.70. The lowest BCUT2D eigenvalue weighted by Crippen LogP contribution is -2.38. The number of primary amides is 1. The summed E-state index contributed by atoms with van der Waals surface area (Å²) in [6.45, 7) is 5.94. The van der Waals surface area contributed by atoms with E-state index in [1.165, 1.54) is 0 Å². The van der Waals surface area contributed by atoms with Crippen molar-refractivity contribution in [3.63, 3.8) is 0 Å². The molecule has 0 aromatic heterocycles. The Balaban J connectivity index is 0.000000561. The molecule has 2 N–H and O–H groups in total. The van der Waals surface area contributed by atoms with Crippen LogP contribution in [-0.4, -0.2) is 30.9 Å². The van der Waals surface area contributed by atoms with E-state index in [4.69, 9.17) is 5.73 Å². The van der Waals surface area contributed by atoms with E-state index < -0.39 is 0 Å². The zero-order chi connectivity index (χ0) is 9.56. The predicted molar refractivity (Wildman–Crippen MR) is 50.8 cm³/mol. The molecule has 72 valence electrons. The van der Waals surface area contributed by atoms with E-state index in [9.17, 15) is 4.79 Å². The summed E-state index contributed by atoms with van der Waals surface area (Å²) < 4.78 is 0. The van der Waals surface area contributed by atoms with Gasteiger partial charge in [0.25, 0.3) is 0 Å². The minimum Gasteiger partial charge on any atom is -0.369 e. The second-order valence-electron chi connectivity index (χ2n) is 3.00. The van der Waals surface area contributed by atoms with Gasteiger partial charge in [0.05, 0.1) is 5.92 Å². The van der Waals surface area contributed by atoms with Gasteiger partial charge in [0.15, 0.2) is 0 Å². The van der Waals surface area contributed by atoms with Crippen molar-refractivity contribution < 1.29 is 4.79 Å². The minimum atomic E-state index is -0.147. The van der Waals surface area contributed by atoms with Crippen LogP contribution in [-0.2, 0) is 4.79 Å². The van der Waals surface area contributed by atoms with Gasteiger partial charge in [0.2, 0.25) is 5.91 Å². The van der Waals surface area contributed by atoms with Crippen molar-refractivity contribution in [1.29, 1.82) is 0 Å². The standard InChI is InChI=1S/C7H14N2O.C2H6/c1-9-4-2-3-6(5-9)7(8)10;1-2/h6H,2-5H2,1H3,(H2,8,10);1-2H3. The fourth-order valence-corrected chi connectivity index (χ4v) is 1.40. The largest absolute Gasteiger partial charge is 0.369 e. The normalized spacial score (nSPS) is 24.1. The van der Waals surface area contributed by atoms with Gasteiger partial charge in [-0.05, 0) is 26.4 Å². The lowest BCUT2D eigenvalue weighted by atomic mass is 9.98. The zero-order valence-electron chi connectivity index (χ0n) is 8.34. The maximum Gasteiger partial charge on any atom is 0.221 e. The van der Waals surface area contributed by atoms with Crippen molar-refractivity contribution in [3.8, 4) is 0 Å². The van der Waals surface area contributed by atoms with Gasteiger partial charge >= 0.3 is 0 Å². The molecular weight excluding hydrogens is 152 g/mol. The van der Waals surface area contributed by atoms with Crippen LogP contribution in [0.3, 0.4) is 0 Å². The molecule has 1 aliphatic heterocycles. The van der Waals surface area contributed by atoms with Gasteiger partial charge in [-0.15, -0.1) is 0 Å². The highest BCUT2D eigenvalue weighted by atomic mass is 16.1. The van der Waals surface area contributed by atoms with Crippen LogP contribution in [0.15, 0.2) is 0 Å². The number of amides is 1. The molecule has 1 amide bonds. The van der Waals surface area contributed by atoms with E-state index in [1.807, 2.05) is 20.9 Å². The molecule has 1 fully saturated rings. The van der Waals surface area contributed by atoms with Gasteiger partial charge in [0.1, 0.15) is 0 Å². The summed E-state index contributed by atoms with van der Waals surface area (Å²) in [5, 5.41) is 0. The molecule has 0 radical (unpaired) electrons. The van der Waals surface area contributed by atoms with Crippen LogP contribution in [0.2, 0.25) is 0 Å². The van der Waals surface area contributed by atoms with Crippen LogP contribution < -0.4 is 5.73 Å². The number of nitrogens with zero attached hydrogens (tertiary/aromatic N) is 1. The highest BCUT2D eigenvalue weighted by Gasteiger charge is 2.20. The molecule has 3 heteroatoms. The molecule has 0 bridgehead atoms. The summed E-state index contributed by atoms with van der Waals surface area (Å²) >= 11 is 0. The molecule has 12 heavy (non-hydrogen) atoms. The average molecular weight is 172 g/mol. The van der Waals surface area contributed by atoms with Crippen LogP contribution >= 0.6 is 0 Å². The Kier molecular flexibility index (Phi) is 5.72. The summed E-state index contributed by atoms with van der Waals surface area (Å²) in [5.41, 5.74) is 5.16. The molecule has 0 spiro atoms. The molecule has 0 aromatic carbocycles. The smallest absolute Gasteiger partial charge is 0.221 e. The Hall–Kier alpha value is -0.570. The third kappa shape index (κ3) is 3.72. The molecule has 1 aliphatic rings. The SMILES string of the molecule is CC.CN1CCCC(C(N)=O)C1. The van der Waals surface area contributed by atoms with Crippen molar-refractivity contribution in [3.05, 3.63) is 0 Å². The Bertz CT molecular complexity index is 136. The van der Waals surface area contributed by atoms with Crippen molar-refractivity contribution in [1.82, 2.24) is 4.90 Å². The Morgan fingerprint density at radius 3 is 2.42 bits per heavy atom. The lowest BCUT2D eigenvalue weighted by molar-refractivity contribution is -0.123. The fraction of sp³-hybridized carbons (Fsp3) is 0.889. The van der Waals surface area contributed by atoms with Gasteiger partial charge in [-0.1, -0.05) is 13.8 Å². The van der Waals surface area contributed by atoms with E-state index in [0.717, 1.165) is 25.9 Å². The van der Waals surface area contributed by atoms with Gasteiger partial charge in [-0.25, -0.2) is 0 Å². The fourth-order valence-electron chi connectivity index (χ4n) is 1.40. The highest BCUT2D eigenvalue weighted by molar-refractivity contribution is 5.76. The molecule has 1 heterocycles. The van der Waals surface area contributed by atoms with Gasteiger partial charge in [-0.3, -0.25) is 4.79 Å². The van der Waals surface area contributed by atoms with Gasteiger partial charge in [-0.2, -0.15) is 0 Å². The first-order valence-corrected chi connectivity index (χ1v) is 4.68. The van der Waals surface area contributed by atoms with Crippen LogP contribution in [0, 0.1) is 5.92 Å². The van der Waals surface area contributed by atoms with Crippen molar-refractivity contribution in [2.45, 2.75) is 26.7 Å². The third-order valence-electron chi connectivity index (χ3n) is 2.03. The molecule has 1 rings (SSSR count). The molecule has 1 atom stereocenters. The third-order valence-corrected chi connectivity index (χ3v) is 2.03. The monoisotopic (exact) mass is 172 g/mol. The maximum atomic E-state index is 10.7. The van der Waals surface area contributed by atoms with Crippen molar-refractivity contribution >= 4 is 5.91 Å². The second kappa shape index (κ2) is 6.00. The number of hydrogen-bond donors (Lipinski definition) is 1. The van der Waals surface area contributed by atoms with Crippen LogP contribution in [0.25, 0.3) is 0 Å². The van der Waals surface area contributed by atoms with Crippen molar-refractivity contribution in [2.24, 2.45) is 11.7 Å². The van der Waals surface area contributed by atoms with E-state index >= 15 is 0 Å². The number of hydrogen-bond acceptors (Lipinski definition) is 2. The summed E-state index contributed by atoms with van der Waals surface area (Å²) in [6.07, 6.45) is 2.07. The Labute approximate surface area is 74.9 Å². The zero-order valence-corrected chi connectivity index (χ0v) is 8.34. The Morgan fingerprint density at radius 2 is 2.08 bits per heavy atom. The molecule has 0 aliphatic carbocycles. The average Bonchev–Trinajstić information content (AvgIpc) is 2.08. The first-order valence-electron chi connectivity index (χ1n) is 4.68. The first kappa shape index (κ1) is 11.4. The van der Waals surface area contributed by atoms with Crippen molar-refractivity contribution in [2.75, 3.05) is 20.1 Å². The number of likely N-dealkylation sites (tertiary alicyclic amines) is 1. The number of rotatable bonds is 1. The summed E-state index contributed by atoms with van der Waals surface area (Å²) in [5.74, 6) is -0.0506. The molecule has 3 nitrogen and oxygen atoms in total. The van der Waals surface area contributed by atoms with Gasteiger partial charge in [0, 0.05) is 6.54 Å². The van der Waals surface area contributed by atoms with E-state index in [0.29, 0.717) is 0 Å². The number of piperidine rings is 1.